The zero-order chi connectivity index (χ0) is 19.8. The van der Waals surface area contributed by atoms with Crippen molar-refractivity contribution in [2.75, 3.05) is 25.5 Å². The van der Waals surface area contributed by atoms with Crippen LogP contribution in [-0.4, -0.2) is 50.8 Å². The van der Waals surface area contributed by atoms with E-state index in [-0.39, 0.29) is 17.6 Å². The number of carbonyl (C=O) groups excluding carboxylic acids is 1. The summed E-state index contributed by atoms with van der Waals surface area (Å²) < 4.78 is 7.63. The quantitative estimate of drug-likeness (QED) is 0.606. The number of ether oxygens (including phenoxy) is 1. The van der Waals surface area contributed by atoms with Crippen molar-refractivity contribution in [3.05, 3.63) is 44.7 Å². The van der Waals surface area contributed by atoms with E-state index < -0.39 is 0 Å². The number of hydrogen-bond donors (Lipinski definition) is 1. The summed E-state index contributed by atoms with van der Waals surface area (Å²) in [6, 6.07) is 3.72. The number of pyridine rings is 1. The third kappa shape index (κ3) is 3.57. The molecule has 0 spiro atoms. The van der Waals surface area contributed by atoms with Crippen molar-refractivity contribution in [3.8, 4) is 0 Å². The Morgan fingerprint density at radius 2 is 2.25 bits per heavy atom. The summed E-state index contributed by atoms with van der Waals surface area (Å²) in [5.41, 5.74) is 1.60. The molecule has 0 saturated carbocycles. The van der Waals surface area contributed by atoms with Crippen molar-refractivity contribution < 1.29 is 9.53 Å². The highest BCUT2D eigenvalue weighted by Gasteiger charge is 2.29. The zero-order valence-electron chi connectivity index (χ0n) is 15.6. The van der Waals surface area contributed by atoms with Gasteiger partial charge in [0.1, 0.15) is 15.8 Å². The summed E-state index contributed by atoms with van der Waals surface area (Å²) in [7, 11) is 1.63. The van der Waals surface area contributed by atoms with Crippen LogP contribution in [0.4, 0.5) is 5.82 Å². The van der Waals surface area contributed by atoms with Gasteiger partial charge >= 0.3 is 0 Å². The van der Waals surface area contributed by atoms with Crippen molar-refractivity contribution in [2.45, 2.75) is 25.9 Å². The topological polar surface area (TPSA) is 75.9 Å². The van der Waals surface area contributed by atoms with Crippen LogP contribution in [0, 0.1) is 6.92 Å². The first kappa shape index (κ1) is 19.1. The fourth-order valence-electron chi connectivity index (χ4n) is 3.22. The molecular formula is C19H20N4O3S2. The van der Waals surface area contributed by atoms with E-state index in [2.05, 4.69) is 10.3 Å². The van der Waals surface area contributed by atoms with Crippen LogP contribution in [0.5, 0.6) is 0 Å². The number of thiocarbonyl (C=S) groups is 1. The van der Waals surface area contributed by atoms with Gasteiger partial charge in [-0.25, -0.2) is 4.98 Å². The van der Waals surface area contributed by atoms with Gasteiger partial charge in [0.25, 0.3) is 11.5 Å². The number of rotatable bonds is 4. The molecular weight excluding hydrogens is 396 g/mol. The third-order valence-electron chi connectivity index (χ3n) is 4.79. The molecule has 7 nitrogen and oxygen atoms in total. The summed E-state index contributed by atoms with van der Waals surface area (Å²) >= 11 is 6.38. The van der Waals surface area contributed by atoms with Gasteiger partial charge < -0.3 is 10.1 Å². The van der Waals surface area contributed by atoms with Gasteiger partial charge in [0.2, 0.25) is 0 Å². The van der Waals surface area contributed by atoms with E-state index in [1.807, 2.05) is 19.1 Å². The Morgan fingerprint density at radius 3 is 2.93 bits per heavy atom. The predicted molar refractivity (Wildman–Crippen MR) is 115 cm³/mol. The van der Waals surface area contributed by atoms with Gasteiger partial charge in [0, 0.05) is 26.4 Å². The fraction of sp³-hybridized carbons (Fsp3) is 0.368. The molecule has 4 rings (SSSR count). The summed E-state index contributed by atoms with van der Waals surface area (Å²) in [6.07, 6.45) is 5.44. The maximum atomic E-state index is 13.2. The average Bonchev–Trinajstić information content (AvgIpc) is 3.28. The normalized spacial score (nSPS) is 21.3. The Kier molecular flexibility index (Phi) is 5.22. The van der Waals surface area contributed by atoms with Gasteiger partial charge in [-0.3, -0.25) is 18.9 Å². The maximum absolute atomic E-state index is 13.2. The van der Waals surface area contributed by atoms with Crippen molar-refractivity contribution in [1.82, 2.24) is 14.3 Å². The number of fused-ring (bicyclic) bond motifs is 1. The lowest BCUT2D eigenvalue weighted by Crippen LogP contribution is -2.25. The smallest absolute Gasteiger partial charge is 0.267 e. The molecule has 2 aromatic rings. The molecule has 0 aliphatic carbocycles. The molecule has 1 unspecified atom stereocenters. The van der Waals surface area contributed by atoms with Crippen molar-refractivity contribution in [2.24, 2.45) is 0 Å². The van der Waals surface area contributed by atoms with Crippen LogP contribution in [0.3, 0.4) is 0 Å². The number of anilines is 1. The molecule has 28 heavy (non-hydrogen) atoms. The van der Waals surface area contributed by atoms with Gasteiger partial charge in [-0.1, -0.05) is 30.0 Å². The molecule has 2 aromatic heterocycles. The van der Waals surface area contributed by atoms with Crippen LogP contribution in [0.15, 0.2) is 28.0 Å². The number of hydrogen-bond acceptors (Lipinski definition) is 7. The zero-order valence-corrected chi connectivity index (χ0v) is 17.2. The highest BCUT2D eigenvalue weighted by molar-refractivity contribution is 8.26. The number of carbonyl (C=O) groups is 1. The Bertz CT molecular complexity index is 1060. The van der Waals surface area contributed by atoms with Crippen LogP contribution in [0.2, 0.25) is 0 Å². The number of aromatic nitrogens is 2. The van der Waals surface area contributed by atoms with Gasteiger partial charge in [-0.05, 0) is 37.5 Å². The van der Waals surface area contributed by atoms with E-state index in [0.717, 1.165) is 25.0 Å². The molecule has 2 aliphatic rings. The van der Waals surface area contributed by atoms with Crippen molar-refractivity contribution in [1.29, 1.82) is 0 Å². The molecule has 0 bridgehead atoms. The molecule has 146 valence electrons. The first-order chi connectivity index (χ1) is 13.4. The van der Waals surface area contributed by atoms with Crippen LogP contribution < -0.4 is 10.9 Å². The van der Waals surface area contributed by atoms with Crippen LogP contribution in [0.25, 0.3) is 11.7 Å². The van der Waals surface area contributed by atoms with Crippen molar-refractivity contribution in [3.63, 3.8) is 0 Å². The minimum Gasteiger partial charge on any atom is -0.376 e. The van der Waals surface area contributed by atoms with Gasteiger partial charge in [0.05, 0.1) is 16.6 Å². The summed E-state index contributed by atoms with van der Waals surface area (Å²) in [5.74, 6) is 0.236. The second kappa shape index (κ2) is 7.65. The van der Waals surface area contributed by atoms with Crippen LogP contribution in [-0.2, 0) is 9.53 Å². The number of nitrogens with zero attached hydrogens (tertiary/aromatic N) is 3. The average molecular weight is 417 g/mol. The Labute approximate surface area is 171 Å². The number of amides is 1. The van der Waals surface area contributed by atoms with Crippen LogP contribution in [0.1, 0.15) is 24.0 Å². The molecule has 1 N–H and O–H groups in total. The van der Waals surface area contributed by atoms with Gasteiger partial charge in [-0.2, -0.15) is 0 Å². The molecule has 9 heteroatoms. The van der Waals surface area contributed by atoms with E-state index in [1.54, 1.807) is 19.3 Å². The summed E-state index contributed by atoms with van der Waals surface area (Å²) in [6.45, 7) is 3.23. The number of aryl methyl sites for hydroxylation is 1. The van der Waals surface area contributed by atoms with E-state index in [4.69, 9.17) is 17.0 Å². The van der Waals surface area contributed by atoms with Gasteiger partial charge in [-0.15, -0.1) is 0 Å². The lowest BCUT2D eigenvalue weighted by Gasteiger charge is -2.14. The fourth-order valence-corrected chi connectivity index (χ4v) is 4.38. The van der Waals surface area contributed by atoms with E-state index in [9.17, 15) is 9.59 Å². The summed E-state index contributed by atoms with van der Waals surface area (Å²) in [5, 5.41) is 3.25. The lowest BCUT2D eigenvalue weighted by atomic mass is 10.2. The summed E-state index contributed by atoms with van der Waals surface area (Å²) in [4.78, 5) is 32.1. The maximum Gasteiger partial charge on any atom is 0.267 e. The van der Waals surface area contributed by atoms with Crippen molar-refractivity contribution >= 4 is 51.7 Å². The van der Waals surface area contributed by atoms with E-state index in [0.29, 0.717) is 32.8 Å². The molecule has 2 aliphatic heterocycles. The molecule has 2 saturated heterocycles. The molecule has 4 heterocycles. The number of thioether (sulfide) groups is 1. The molecule has 1 amide bonds. The van der Waals surface area contributed by atoms with Crippen LogP contribution >= 0.6 is 24.0 Å². The second-order valence-corrected chi connectivity index (χ2v) is 8.55. The number of nitrogens with one attached hydrogen (secondary N) is 1. The molecule has 0 aromatic carbocycles. The van der Waals surface area contributed by atoms with E-state index in [1.165, 1.54) is 21.1 Å². The second-order valence-electron chi connectivity index (χ2n) is 6.87. The minimum atomic E-state index is -0.232. The first-order valence-electron chi connectivity index (χ1n) is 9.04. The molecule has 0 radical (unpaired) electrons. The predicted octanol–water partition coefficient (Wildman–Crippen LogP) is 2.42. The Morgan fingerprint density at radius 1 is 1.43 bits per heavy atom. The largest absolute Gasteiger partial charge is 0.376 e. The lowest BCUT2D eigenvalue weighted by molar-refractivity contribution is -0.121. The monoisotopic (exact) mass is 416 g/mol. The standard InChI is InChI=1S/C19H20N4O3S2/c1-11-5-6-15-21-16(20-9-12-4-3-7-26-12)13(17(24)23(15)10-11)8-14-18(25)22(2)19(27)28-14/h5-6,8,10,12,20H,3-4,7,9H2,1-2H3/b14-8+. The van der Waals surface area contributed by atoms with E-state index >= 15 is 0 Å². The highest BCUT2D eigenvalue weighted by atomic mass is 32.2. The number of likely N-dealkylation sites (N-methyl/N-ethyl adjacent to an activating group) is 1. The molecule has 1 atom stereocenters. The Hall–Kier alpha value is -2.23. The highest BCUT2D eigenvalue weighted by Crippen LogP contribution is 2.32. The SMILES string of the molecule is Cc1ccc2nc(NCC3CCCO3)c(/C=C3/SC(=S)N(C)C3=O)c(=O)n2c1. The molecule has 2 fully saturated rings. The minimum absolute atomic E-state index is 0.0972. The third-order valence-corrected chi connectivity index (χ3v) is 6.27. The Balaban J connectivity index is 1.80. The first-order valence-corrected chi connectivity index (χ1v) is 10.3. The van der Waals surface area contributed by atoms with Gasteiger partial charge in [0.15, 0.2) is 0 Å².